The van der Waals surface area contributed by atoms with E-state index in [1.54, 1.807) is 12.5 Å². The van der Waals surface area contributed by atoms with Crippen molar-refractivity contribution in [2.24, 2.45) is 0 Å². The molecule has 0 atom stereocenters. The van der Waals surface area contributed by atoms with Gasteiger partial charge in [-0.1, -0.05) is 0 Å². The second kappa shape index (κ2) is 5.41. The predicted molar refractivity (Wildman–Crippen MR) is 45.6 cm³/mol. The van der Waals surface area contributed by atoms with Crippen LogP contribution in [0, 0.1) is 0 Å². The summed E-state index contributed by atoms with van der Waals surface area (Å²) < 4.78 is 9.13. The number of hydrogen-bond donors (Lipinski definition) is 0. The van der Waals surface area contributed by atoms with Crippen molar-refractivity contribution >= 4 is 6.47 Å². The second-order valence-electron chi connectivity index (χ2n) is 3.12. The van der Waals surface area contributed by atoms with E-state index in [9.17, 15) is 4.79 Å². The SMILES string of the molecule is CC(C)(C)OC=O.c1ccoc1. The van der Waals surface area contributed by atoms with E-state index in [0.29, 0.717) is 6.47 Å². The summed E-state index contributed by atoms with van der Waals surface area (Å²) in [4.78, 5) is 9.60. The van der Waals surface area contributed by atoms with Crippen LogP contribution in [0.15, 0.2) is 29.1 Å². The molecular formula is C9H14O3. The van der Waals surface area contributed by atoms with Crippen molar-refractivity contribution in [3.63, 3.8) is 0 Å². The standard InChI is InChI=1S/C5H10O2.C4H4O/c1-5(2,3)7-4-6;1-2-4-5-3-1/h4H,1-3H3;1-4H. The van der Waals surface area contributed by atoms with Gasteiger partial charge in [-0.2, -0.15) is 0 Å². The minimum absolute atomic E-state index is 0.318. The maximum Gasteiger partial charge on any atom is 0.293 e. The van der Waals surface area contributed by atoms with Gasteiger partial charge in [0.2, 0.25) is 0 Å². The molecule has 3 heteroatoms. The fraction of sp³-hybridized carbons (Fsp3) is 0.444. The summed E-state index contributed by atoms with van der Waals surface area (Å²) in [6, 6.07) is 3.67. The van der Waals surface area contributed by atoms with E-state index >= 15 is 0 Å². The molecule has 0 fully saturated rings. The smallest absolute Gasteiger partial charge is 0.293 e. The van der Waals surface area contributed by atoms with Gasteiger partial charge in [0.1, 0.15) is 5.60 Å². The summed E-state index contributed by atoms with van der Waals surface area (Å²) in [7, 11) is 0. The van der Waals surface area contributed by atoms with E-state index in [2.05, 4.69) is 9.15 Å². The third-order valence-corrected chi connectivity index (χ3v) is 0.827. The van der Waals surface area contributed by atoms with Gasteiger partial charge in [0.25, 0.3) is 6.47 Å². The van der Waals surface area contributed by atoms with Crippen LogP contribution in [0.1, 0.15) is 20.8 Å². The fourth-order valence-electron chi connectivity index (χ4n) is 0.371. The fourth-order valence-corrected chi connectivity index (χ4v) is 0.371. The van der Waals surface area contributed by atoms with Crippen LogP contribution in [-0.4, -0.2) is 12.1 Å². The van der Waals surface area contributed by atoms with Gasteiger partial charge >= 0.3 is 0 Å². The molecule has 1 aromatic heterocycles. The summed E-state index contributed by atoms with van der Waals surface area (Å²) in [5, 5.41) is 0. The lowest BCUT2D eigenvalue weighted by Crippen LogP contribution is -2.17. The molecule has 3 nitrogen and oxygen atoms in total. The molecule has 1 rings (SSSR count). The molecule has 0 aliphatic rings. The Balaban J connectivity index is 0.000000211. The van der Waals surface area contributed by atoms with Crippen LogP contribution in [0.2, 0.25) is 0 Å². The van der Waals surface area contributed by atoms with Crippen molar-refractivity contribution in [3.05, 3.63) is 24.7 Å². The Kier molecular flexibility index (Phi) is 4.84. The number of hydrogen-bond acceptors (Lipinski definition) is 3. The predicted octanol–water partition coefficient (Wildman–Crippen LogP) is 2.24. The zero-order valence-corrected chi connectivity index (χ0v) is 7.61. The topological polar surface area (TPSA) is 39.4 Å². The minimum atomic E-state index is -0.318. The zero-order chi connectivity index (χ0) is 9.45. The van der Waals surface area contributed by atoms with Crippen molar-refractivity contribution in [2.75, 3.05) is 0 Å². The van der Waals surface area contributed by atoms with Crippen LogP contribution in [0.4, 0.5) is 0 Å². The Morgan fingerprint density at radius 2 is 1.75 bits per heavy atom. The normalized spacial score (nSPS) is 9.58. The minimum Gasteiger partial charge on any atom is -0.473 e. The van der Waals surface area contributed by atoms with Crippen molar-refractivity contribution in [2.45, 2.75) is 26.4 Å². The molecule has 0 saturated carbocycles. The van der Waals surface area contributed by atoms with Crippen LogP contribution in [-0.2, 0) is 9.53 Å². The monoisotopic (exact) mass is 170 g/mol. The van der Waals surface area contributed by atoms with Gasteiger partial charge < -0.3 is 9.15 Å². The Hall–Kier alpha value is -1.25. The molecule has 0 bridgehead atoms. The van der Waals surface area contributed by atoms with E-state index in [-0.39, 0.29) is 5.60 Å². The largest absolute Gasteiger partial charge is 0.473 e. The first-order chi connectivity index (χ1) is 5.56. The average Bonchev–Trinajstić information content (AvgIpc) is 2.38. The molecular weight excluding hydrogens is 156 g/mol. The molecule has 0 spiro atoms. The zero-order valence-electron chi connectivity index (χ0n) is 7.61. The van der Waals surface area contributed by atoms with Gasteiger partial charge in [-0.3, -0.25) is 4.79 Å². The molecule has 0 saturated heterocycles. The Labute approximate surface area is 72.3 Å². The lowest BCUT2D eigenvalue weighted by molar-refractivity contribution is -0.138. The lowest BCUT2D eigenvalue weighted by atomic mass is 10.2. The molecule has 0 unspecified atom stereocenters. The van der Waals surface area contributed by atoms with Gasteiger partial charge in [-0.25, -0.2) is 0 Å². The highest BCUT2D eigenvalue weighted by Gasteiger charge is 2.07. The average molecular weight is 170 g/mol. The molecule has 0 aliphatic carbocycles. The lowest BCUT2D eigenvalue weighted by Gasteiger charge is -2.14. The molecule has 1 aromatic rings. The summed E-state index contributed by atoms with van der Waals surface area (Å²) >= 11 is 0. The van der Waals surface area contributed by atoms with Crippen LogP contribution in [0.25, 0.3) is 0 Å². The molecule has 12 heavy (non-hydrogen) atoms. The summed E-state index contributed by atoms with van der Waals surface area (Å²) in [6.45, 7) is 5.92. The highest BCUT2D eigenvalue weighted by Crippen LogP contribution is 2.02. The Morgan fingerprint density at radius 1 is 1.25 bits per heavy atom. The van der Waals surface area contributed by atoms with Gasteiger partial charge in [0.15, 0.2) is 0 Å². The number of carbonyl (C=O) groups excluding carboxylic acids is 1. The van der Waals surface area contributed by atoms with Gasteiger partial charge in [0, 0.05) is 0 Å². The van der Waals surface area contributed by atoms with E-state index < -0.39 is 0 Å². The third kappa shape index (κ3) is 8.75. The van der Waals surface area contributed by atoms with Gasteiger partial charge in [-0.15, -0.1) is 0 Å². The summed E-state index contributed by atoms with van der Waals surface area (Å²) in [6.07, 6.45) is 3.25. The first-order valence-corrected chi connectivity index (χ1v) is 3.65. The number of carbonyl (C=O) groups is 1. The quantitative estimate of drug-likeness (QED) is 0.607. The van der Waals surface area contributed by atoms with Crippen molar-refractivity contribution < 1.29 is 13.9 Å². The van der Waals surface area contributed by atoms with E-state index in [4.69, 9.17) is 0 Å². The van der Waals surface area contributed by atoms with Crippen molar-refractivity contribution in [3.8, 4) is 0 Å². The summed E-state index contributed by atoms with van der Waals surface area (Å²) in [5.74, 6) is 0. The number of ether oxygens (including phenoxy) is 1. The molecule has 0 aliphatic heterocycles. The summed E-state index contributed by atoms with van der Waals surface area (Å²) in [5.41, 5.74) is -0.318. The van der Waals surface area contributed by atoms with Crippen molar-refractivity contribution in [1.82, 2.24) is 0 Å². The highest BCUT2D eigenvalue weighted by molar-refractivity contribution is 5.37. The van der Waals surface area contributed by atoms with Crippen LogP contribution >= 0.6 is 0 Å². The number of rotatable bonds is 1. The van der Waals surface area contributed by atoms with Crippen molar-refractivity contribution in [1.29, 1.82) is 0 Å². The molecule has 1 heterocycles. The van der Waals surface area contributed by atoms with E-state index in [1.807, 2.05) is 32.9 Å². The molecule has 0 aromatic carbocycles. The Morgan fingerprint density at radius 3 is 1.83 bits per heavy atom. The van der Waals surface area contributed by atoms with E-state index in [1.165, 1.54) is 0 Å². The molecule has 68 valence electrons. The van der Waals surface area contributed by atoms with Gasteiger partial charge in [-0.05, 0) is 32.9 Å². The van der Waals surface area contributed by atoms with Gasteiger partial charge in [0.05, 0.1) is 12.5 Å². The first-order valence-electron chi connectivity index (χ1n) is 3.65. The maximum absolute atomic E-state index is 9.60. The Bertz CT molecular complexity index is 167. The van der Waals surface area contributed by atoms with Crippen LogP contribution in [0.3, 0.4) is 0 Å². The maximum atomic E-state index is 9.60. The van der Waals surface area contributed by atoms with E-state index in [0.717, 1.165) is 0 Å². The first kappa shape index (κ1) is 10.8. The number of furan rings is 1. The van der Waals surface area contributed by atoms with Crippen LogP contribution in [0.5, 0.6) is 0 Å². The van der Waals surface area contributed by atoms with Crippen LogP contribution < -0.4 is 0 Å². The third-order valence-electron chi connectivity index (χ3n) is 0.827. The second-order valence-corrected chi connectivity index (χ2v) is 3.12. The molecule has 0 amide bonds. The highest BCUT2D eigenvalue weighted by atomic mass is 16.5. The molecule has 0 radical (unpaired) electrons. The molecule has 0 N–H and O–H groups in total.